The van der Waals surface area contributed by atoms with E-state index in [0.717, 1.165) is 34.8 Å². The Morgan fingerprint density at radius 1 is 1.35 bits per heavy atom. The van der Waals surface area contributed by atoms with E-state index in [1.165, 1.54) is 5.56 Å². The Morgan fingerprint density at radius 2 is 2.19 bits per heavy atom. The van der Waals surface area contributed by atoms with Gasteiger partial charge in [-0.3, -0.25) is 4.79 Å². The maximum Gasteiger partial charge on any atom is 0.251 e. The van der Waals surface area contributed by atoms with Crippen LogP contribution >= 0.6 is 11.8 Å². The van der Waals surface area contributed by atoms with Gasteiger partial charge in [0.1, 0.15) is 17.6 Å². The number of hydrogen-bond acceptors (Lipinski definition) is 4. The minimum absolute atomic E-state index is 0.0785. The van der Waals surface area contributed by atoms with Crippen molar-refractivity contribution in [3.05, 3.63) is 58.7 Å². The molecule has 26 heavy (non-hydrogen) atoms. The monoisotopic (exact) mass is 371 g/mol. The Balaban J connectivity index is 1.73. The Bertz CT molecular complexity index is 791. The van der Waals surface area contributed by atoms with Crippen molar-refractivity contribution in [2.24, 2.45) is 0 Å². The maximum absolute atomic E-state index is 12.5. The van der Waals surface area contributed by atoms with Gasteiger partial charge < -0.3 is 14.8 Å². The number of hydrogen-bond donors (Lipinski definition) is 1. The fourth-order valence-electron chi connectivity index (χ4n) is 3.16. The van der Waals surface area contributed by atoms with Crippen LogP contribution in [0, 0.1) is 0 Å². The Labute approximate surface area is 159 Å². The van der Waals surface area contributed by atoms with Gasteiger partial charge in [-0.1, -0.05) is 12.1 Å². The summed E-state index contributed by atoms with van der Waals surface area (Å²) in [5.74, 6) is 2.54. The van der Waals surface area contributed by atoms with Crippen molar-refractivity contribution in [2.75, 3.05) is 12.9 Å². The smallest absolute Gasteiger partial charge is 0.251 e. The molecule has 1 aliphatic rings. The second-order valence-electron chi connectivity index (χ2n) is 6.45. The lowest BCUT2D eigenvalue weighted by molar-refractivity contribution is 0.0950. The zero-order chi connectivity index (χ0) is 18.5. The first kappa shape index (κ1) is 18.6. The average Bonchev–Trinajstić information content (AvgIpc) is 2.99. The van der Waals surface area contributed by atoms with Crippen LogP contribution in [-0.2, 0) is 18.7 Å². The molecule has 138 valence electrons. The summed E-state index contributed by atoms with van der Waals surface area (Å²) in [6, 6.07) is 11.8. The maximum atomic E-state index is 12.5. The summed E-state index contributed by atoms with van der Waals surface area (Å²) in [5, 5.41) is 3.00. The Kier molecular flexibility index (Phi) is 6.09. The molecule has 3 rings (SSSR count). The molecule has 1 atom stereocenters. The summed E-state index contributed by atoms with van der Waals surface area (Å²) in [4.78, 5) is 12.5. The number of nitrogens with one attached hydrogen (secondary N) is 1. The van der Waals surface area contributed by atoms with E-state index in [0.29, 0.717) is 18.7 Å². The van der Waals surface area contributed by atoms with Crippen LogP contribution in [0.3, 0.4) is 0 Å². The van der Waals surface area contributed by atoms with Crippen molar-refractivity contribution in [1.29, 1.82) is 0 Å². The summed E-state index contributed by atoms with van der Waals surface area (Å²) >= 11 is 1.74. The van der Waals surface area contributed by atoms with Gasteiger partial charge in [0, 0.05) is 35.4 Å². The first-order chi connectivity index (χ1) is 12.6. The van der Waals surface area contributed by atoms with Crippen LogP contribution in [-0.4, -0.2) is 24.9 Å². The number of benzene rings is 2. The van der Waals surface area contributed by atoms with Crippen molar-refractivity contribution >= 4 is 17.7 Å². The molecule has 1 N–H and O–H groups in total. The molecule has 1 heterocycles. The molecule has 2 aromatic rings. The highest BCUT2D eigenvalue weighted by atomic mass is 32.2. The molecule has 1 amide bonds. The molecule has 0 saturated carbocycles. The van der Waals surface area contributed by atoms with Crippen LogP contribution in [0.15, 0.2) is 36.4 Å². The minimum Gasteiger partial charge on any atom is -0.494 e. The van der Waals surface area contributed by atoms with Crippen molar-refractivity contribution in [3.8, 4) is 11.5 Å². The predicted octanol–water partition coefficient (Wildman–Crippen LogP) is 4.20. The third-order valence-electron chi connectivity index (χ3n) is 4.32. The van der Waals surface area contributed by atoms with Gasteiger partial charge in [0.15, 0.2) is 0 Å². The number of thioether (sulfide) groups is 1. The lowest BCUT2D eigenvalue weighted by atomic mass is 10.1. The van der Waals surface area contributed by atoms with Gasteiger partial charge >= 0.3 is 0 Å². The van der Waals surface area contributed by atoms with E-state index in [1.807, 2.05) is 43.3 Å². The van der Waals surface area contributed by atoms with Crippen molar-refractivity contribution in [1.82, 2.24) is 5.32 Å². The van der Waals surface area contributed by atoms with Gasteiger partial charge in [-0.05, 0) is 49.9 Å². The van der Waals surface area contributed by atoms with Crippen molar-refractivity contribution in [3.63, 3.8) is 0 Å². The van der Waals surface area contributed by atoms with E-state index < -0.39 is 0 Å². The van der Waals surface area contributed by atoms with Crippen LogP contribution < -0.4 is 14.8 Å². The number of fused-ring (bicyclic) bond motifs is 1. The first-order valence-corrected chi connectivity index (χ1v) is 10.3. The number of carbonyl (C=O) groups excluding carboxylic acids is 1. The molecule has 1 aliphatic heterocycles. The van der Waals surface area contributed by atoms with Crippen LogP contribution in [0.4, 0.5) is 0 Å². The molecule has 0 fully saturated rings. The van der Waals surface area contributed by atoms with Crippen LogP contribution in [0.2, 0.25) is 0 Å². The number of amides is 1. The molecule has 5 heteroatoms. The van der Waals surface area contributed by atoms with Gasteiger partial charge in [-0.25, -0.2) is 0 Å². The topological polar surface area (TPSA) is 47.6 Å². The number of ether oxygens (including phenoxy) is 2. The zero-order valence-corrected chi connectivity index (χ0v) is 16.3. The molecule has 0 aliphatic carbocycles. The molecule has 2 aromatic carbocycles. The van der Waals surface area contributed by atoms with Gasteiger partial charge in [0.05, 0.1) is 6.61 Å². The highest BCUT2D eigenvalue weighted by Gasteiger charge is 2.22. The molecule has 0 spiro atoms. The van der Waals surface area contributed by atoms with E-state index in [9.17, 15) is 4.79 Å². The molecule has 0 bridgehead atoms. The fourth-order valence-corrected chi connectivity index (χ4v) is 3.67. The zero-order valence-electron chi connectivity index (χ0n) is 15.5. The molecule has 0 aromatic heterocycles. The van der Waals surface area contributed by atoms with Gasteiger partial charge in [-0.15, -0.1) is 0 Å². The third-order valence-corrected chi connectivity index (χ3v) is 4.94. The van der Waals surface area contributed by atoms with Crippen molar-refractivity contribution < 1.29 is 14.3 Å². The second kappa shape index (κ2) is 8.49. The molecule has 1 unspecified atom stereocenters. The van der Waals surface area contributed by atoms with Crippen LogP contribution in [0.1, 0.15) is 40.9 Å². The first-order valence-electron chi connectivity index (χ1n) is 8.92. The second-order valence-corrected chi connectivity index (χ2v) is 7.32. The molecular weight excluding hydrogens is 346 g/mol. The van der Waals surface area contributed by atoms with E-state index in [4.69, 9.17) is 9.47 Å². The van der Waals surface area contributed by atoms with E-state index >= 15 is 0 Å². The number of rotatable bonds is 7. The largest absolute Gasteiger partial charge is 0.494 e. The third kappa shape index (κ3) is 4.33. The highest BCUT2D eigenvalue weighted by molar-refractivity contribution is 7.97. The average molecular weight is 372 g/mol. The van der Waals surface area contributed by atoms with Gasteiger partial charge in [-0.2, -0.15) is 11.8 Å². The lowest BCUT2D eigenvalue weighted by Crippen LogP contribution is -2.23. The van der Waals surface area contributed by atoms with Crippen molar-refractivity contribution in [2.45, 2.75) is 38.7 Å². The SMILES string of the molecule is CCOc1cc2c(cc1CNC(=O)c1cccc(CSC)c1)OC(C)C2. The normalized spacial score (nSPS) is 15.3. The summed E-state index contributed by atoms with van der Waals surface area (Å²) in [7, 11) is 0. The molecule has 0 saturated heterocycles. The molecule has 4 nitrogen and oxygen atoms in total. The lowest BCUT2D eigenvalue weighted by Gasteiger charge is -2.13. The summed E-state index contributed by atoms with van der Waals surface area (Å²) in [5.41, 5.74) is 3.94. The van der Waals surface area contributed by atoms with Crippen LogP contribution in [0.5, 0.6) is 11.5 Å². The summed E-state index contributed by atoms with van der Waals surface area (Å²) in [6.07, 6.45) is 3.13. The van der Waals surface area contributed by atoms with E-state index in [-0.39, 0.29) is 12.0 Å². The minimum atomic E-state index is -0.0785. The van der Waals surface area contributed by atoms with E-state index in [2.05, 4.69) is 18.5 Å². The van der Waals surface area contributed by atoms with Gasteiger partial charge in [0.2, 0.25) is 0 Å². The fraction of sp³-hybridized carbons (Fsp3) is 0.381. The molecule has 0 radical (unpaired) electrons. The van der Waals surface area contributed by atoms with Crippen LogP contribution in [0.25, 0.3) is 0 Å². The quantitative estimate of drug-likeness (QED) is 0.792. The number of carbonyl (C=O) groups is 1. The van der Waals surface area contributed by atoms with E-state index in [1.54, 1.807) is 11.8 Å². The standard InChI is InChI=1S/C21H25NO3S/c1-4-24-19-10-17-8-14(2)25-20(17)11-18(19)12-22-21(23)16-7-5-6-15(9-16)13-26-3/h5-7,9-11,14H,4,8,12-13H2,1-3H3,(H,22,23). The van der Waals surface area contributed by atoms with Gasteiger partial charge in [0.25, 0.3) is 5.91 Å². The summed E-state index contributed by atoms with van der Waals surface area (Å²) in [6.45, 7) is 5.02. The summed E-state index contributed by atoms with van der Waals surface area (Å²) < 4.78 is 11.6. The highest BCUT2D eigenvalue weighted by Crippen LogP contribution is 2.35. The Hall–Kier alpha value is -2.14. The predicted molar refractivity (Wildman–Crippen MR) is 106 cm³/mol. The molecular formula is C21H25NO3S. The Morgan fingerprint density at radius 3 is 2.96 bits per heavy atom.